The summed E-state index contributed by atoms with van der Waals surface area (Å²) in [6.07, 6.45) is 2.20. The summed E-state index contributed by atoms with van der Waals surface area (Å²) in [5, 5.41) is 16.0. The highest BCUT2D eigenvalue weighted by Crippen LogP contribution is 2.54. The maximum absolute atomic E-state index is 14.0. The minimum atomic E-state index is -4.93. The number of hydrogen-bond donors (Lipinski definition) is 3. The molecule has 4 fully saturated rings. The first kappa shape index (κ1) is 33.0. The lowest BCUT2D eigenvalue weighted by Crippen LogP contribution is -2.48. The Labute approximate surface area is 270 Å². The van der Waals surface area contributed by atoms with E-state index in [9.17, 15) is 37.1 Å². The number of benzene rings is 2. The molecule has 3 aliphatic carbocycles. The third kappa shape index (κ3) is 6.48. The second kappa shape index (κ2) is 12.3. The molecule has 1 saturated heterocycles. The number of halogens is 4. The average Bonchev–Trinajstić information content (AvgIpc) is 3.43. The molecule has 252 valence electrons. The zero-order chi connectivity index (χ0) is 33.8. The van der Waals surface area contributed by atoms with Crippen LogP contribution in [-0.4, -0.2) is 53.0 Å². The van der Waals surface area contributed by atoms with Crippen molar-refractivity contribution < 1.29 is 41.8 Å². The van der Waals surface area contributed by atoms with Crippen LogP contribution in [0.4, 0.5) is 23.2 Å². The van der Waals surface area contributed by atoms with Gasteiger partial charge in [0.25, 0.3) is 11.8 Å². The van der Waals surface area contributed by atoms with E-state index in [4.69, 9.17) is 4.74 Å². The monoisotopic (exact) mass is 657 g/mol. The molecule has 4 aliphatic rings. The van der Waals surface area contributed by atoms with Crippen molar-refractivity contribution in [3.05, 3.63) is 70.6 Å². The lowest BCUT2D eigenvalue weighted by atomic mass is 9.83. The smallest absolute Gasteiger partial charge is 0.419 e. The van der Waals surface area contributed by atoms with Crippen molar-refractivity contribution in [2.24, 2.45) is 23.7 Å². The molecular weight excluding hydrogens is 618 g/mol. The molecule has 6 rings (SSSR count). The van der Waals surface area contributed by atoms with Crippen LogP contribution in [0.3, 0.4) is 0 Å². The molecule has 3 amide bonds. The summed E-state index contributed by atoms with van der Waals surface area (Å²) in [5.74, 6) is -3.23. The van der Waals surface area contributed by atoms with Crippen LogP contribution >= 0.6 is 0 Å². The minimum Gasteiger partial charge on any atom is -0.496 e. The van der Waals surface area contributed by atoms with E-state index in [1.807, 2.05) is 0 Å². The number of nitrogens with zero attached hydrogens (tertiary/aromatic N) is 1. The van der Waals surface area contributed by atoms with E-state index in [0.29, 0.717) is 48.8 Å². The van der Waals surface area contributed by atoms with Crippen LogP contribution in [-0.2, 0) is 15.8 Å². The van der Waals surface area contributed by atoms with Crippen molar-refractivity contribution in [3.63, 3.8) is 0 Å². The van der Waals surface area contributed by atoms with Crippen LogP contribution < -0.4 is 15.4 Å². The normalized spacial score (nSPS) is 26.5. The molecule has 1 aliphatic heterocycles. The van der Waals surface area contributed by atoms with Gasteiger partial charge in [-0.25, -0.2) is 4.39 Å². The van der Waals surface area contributed by atoms with Crippen molar-refractivity contribution in [1.82, 2.24) is 10.2 Å². The van der Waals surface area contributed by atoms with Gasteiger partial charge in [-0.3, -0.25) is 14.4 Å². The number of anilines is 1. The topological polar surface area (TPSA) is 108 Å². The van der Waals surface area contributed by atoms with Gasteiger partial charge in [-0.2, -0.15) is 13.2 Å². The fourth-order valence-corrected chi connectivity index (χ4v) is 7.65. The maximum atomic E-state index is 14.0. The number of methoxy groups -OCH3 is 1. The zero-order valence-corrected chi connectivity index (χ0v) is 26.5. The van der Waals surface area contributed by atoms with E-state index < -0.39 is 52.8 Å². The van der Waals surface area contributed by atoms with Gasteiger partial charge in [0.15, 0.2) is 0 Å². The van der Waals surface area contributed by atoms with Crippen molar-refractivity contribution in [1.29, 1.82) is 0 Å². The summed E-state index contributed by atoms with van der Waals surface area (Å²) in [5.41, 5.74) is -1.18. The molecule has 0 spiro atoms. The number of allylic oxidation sites excluding steroid dienone is 1. The van der Waals surface area contributed by atoms with Gasteiger partial charge in [0.1, 0.15) is 17.2 Å². The molecule has 3 saturated carbocycles. The lowest BCUT2D eigenvalue weighted by molar-refractivity contribution is -0.148. The number of amides is 3. The predicted molar refractivity (Wildman–Crippen MR) is 165 cm³/mol. The Hall–Kier alpha value is -3.93. The van der Waals surface area contributed by atoms with Gasteiger partial charge in [0.05, 0.1) is 30.2 Å². The molecule has 2 aromatic rings. The van der Waals surface area contributed by atoms with Crippen molar-refractivity contribution >= 4 is 23.4 Å². The quantitative estimate of drug-likeness (QED) is 0.238. The Morgan fingerprint density at radius 1 is 1.00 bits per heavy atom. The Kier molecular flexibility index (Phi) is 8.61. The number of rotatable bonds is 8. The highest BCUT2D eigenvalue weighted by atomic mass is 19.4. The number of carbonyl (C=O) groups excluding carboxylic acids is 3. The summed E-state index contributed by atoms with van der Waals surface area (Å²) < 4.78 is 59.6. The Morgan fingerprint density at radius 2 is 1.72 bits per heavy atom. The fourth-order valence-electron chi connectivity index (χ4n) is 7.65. The number of fused-ring (bicyclic) bond motifs is 2. The van der Waals surface area contributed by atoms with Crippen LogP contribution in [0.5, 0.6) is 5.75 Å². The van der Waals surface area contributed by atoms with Gasteiger partial charge < -0.3 is 25.4 Å². The van der Waals surface area contributed by atoms with Crippen LogP contribution in [0.2, 0.25) is 0 Å². The summed E-state index contributed by atoms with van der Waals surface area (Å²) >= 11 is 0. The number of nitrogens with one attached hydrogen (secondary N) is 2. The van der Waals surface area contributed by atoms with Crippen LogP contribution in [0.1, 0.15) is 79.9 Å². The van der Waals surface area contributed by atoms with E-state index in [1.165, 1.54) is 21.0 Å². The molecule has 1 heterocycles. The van der Waals surface area contributed by atoms with Crippen LogP contribution in [0, 0.1) is 29.5 Å². The Morgan fingerprint density at radius 3 is 2.38 bits per heavy atom. The lowest BCUT2D eigenvalue weighted by Gasteiger charge is -2.31. The SMILES string of the molecule is COc1ccc(C2CCCN2C(=O)C(C)(C)O)cc1C(=O)N[C@@H]1[C@@H]2CCC(/C2=C/C2CC2)[C@@H]1C(=O)Nc1ccc(F)c(C(F)(F)F)c1. The molecule has 2 unspecified atom stereocenters. The molecular formula is C35H39F4N3O5. The van der Waals surface area contributed by atoms with Crippen LogP contribution in [0.25, 0.3) is 0 Å². The molecule has 47 heavy (non-hydrogen) atoms. The van der Waals surface area contributed by atoms with Crippen molar-refractivity contribution in [3.8, 4) is 5.75 Å². The third-order valence-electron chi connectivity index (χ3n) is 9.98. The largest absolute Gasteiger partial charge is 0.496 e. The number of ether oxygens (including phenoxy) is 1. The summed E-state index contributed by atoms with van der Waals surface area (Å²) in [7, 11) is 1.44. The average molecular weight is 658 g/mol. The maximum Gasteiger partial charge on any atom is 0.419 e. The fraction of sp³-hybridized carbons (Fsp3) is 0.514. The summed E-state index contributed by atoms with van der Waals surface area (Å²) in [4.78, 5) is 42.4. The van der Waals surface area contributed by atoms with E-state index in [2.05, 4.69) is 16.7 Å². The minimum absolute atomic E-state index is 0.122. The molecule has 2 bridgehead atoms. The molecule has 0 aromatic heterocycles. The molecule has 5 atom stereocenters. The summed E-state index contributed by atoms with van der Waals surface area (Å²) in [6, 6.07) is 6.49. The van der Waals surface area contributed by atoms with Gasteiger partial charge in [0, 0.05) is 24.2 Å². The third-order valence-corrected chi connectivity index (χ3v) is 9.98. The zero-order valence-electron chi connectivity index (χ0n) is 26.5. The second-order valence-corrected chi connectivity index (χ2v) is 13.7. The standard InChI is InChI=1S/C35H39F4N3O5/c1-34(2,46)33(45)42-14-4-5-27(42)19-8-13-28(47-3)24(16-19)31(43)41-30-22-11-10-21(23(22)15-18-6-7-18)29(30)32(44)40-20-9-12-26(36)25(17-20)35(37,38)39/h8-9,12-13,15-18,21-22,27,29-30,46H,4-7,10-11,14H2,1-3H3,(H,40,44)(H,41,43)/b23-15-/t21?,22-,27?,29+,30-/m1/s1. The summed E-state index contributed by atoms with van der Waals surface area (Å²) in [6.45, 7) is 3.35. The highest BCUT2D eigenvalue weighted by molar-refractivity contribution is 5.99. The van der Waals surface area contributed by atoms with Gasteiger partial charge >= 0.3 is 6.18 Å². The number of carbonyl (C=O) groups is 3. The first-order chi connectivity index (χ1) is 22.2. The first-order valence-electron chi connectivity index (χ1n) is 16.1. The van der Waals surface area contributed by atoms with Gasteiger partial charge in [-0.05, 0) is 100 Å². The number of hydrogen-bond acceptors (Lipinski definition) is 5. The van der Waals surface area contributed by atoms with Gasteiger partial charge in [0.2, 0.25) is 5.91 Å². The number of aliphatic hydroxyl groups is 1. The second-order valence-electron chi connectivity index (χ2n) is 13.7. The van der Waals surface area contributed by atoms with E-state index in [1.54, 1.807) is 23.1 Å². The molecule has 2 aromatic carbocycles. The van der Waals surface area contributed by atoms with E-state index in [-0.39, 0.29) is 29.1 Å². The van der Waals surface area contributed by atoms with Crippen molar-refractivity contribution in [2.75, 3.05) is 19.0 Å². The molecule has 8 nitrogen and oxygen atoms in total. The van der Waals surface area contributed by atoms with E-state index in [0.717, 1.165) is 37.3 Å². The molecule has 12 heteroatoms. The Balaban J connectivity index is 1.29. The number of likely N-dealkylation sites (tertiary alicyclic amines) is 1. The predicted octanol–water partition coefficient (Wildman–Crippen LogP) is 6.02. The van der Waals surface area contributed by atoms with Crippen LogP contribution in [0.15, 0.2) is 48.0 Å². The van der Waals surface area contributed by atoms with E-state index >= 15 is 0 Å². The molecule has 3 N–H and O–H groups in total. The van der Waals surface area contributed by atoms with Gasteiger partial charge in [-0.1, -0.05) is 17.7 Å². The number of alkyl halides is 3. The highest BCUT2D eigenvalue weighted by Gasteiger charge is 2.55. The van der Waals surface area contributed by atoms with Crippen molar-refractivity contribution in [2.45, 2.75) is 76.2 Å². The first-order valence-corrected chi connectivity index (χ1v) is 16.1. The van der Waals surface area contributed by atoms with Gasteiger partial charge in [-0.15, -0.1) is 0 Å². The molecule has 0 radical (unpaired) electrons. The Bertz CT molecular complexity index is 1610.